The molecule has 2 heterocycles. The first-order valence-corrected chi connectivity index (χ1v) is 10.7. The van der Waals surface area contributed by atoms with Gasteiger partial charge in [0.15, 0.2) is 10.8 Å². The van der Waals surface area contributed by atoms with Gasteiger partial charge in [-0.05, 0) is 29.7 Å². The fraction of sp³-hybridized carbons (Fsp3) is 0.167. The van der Waals surface area contributed by atoms with E-state index in [9.17, 15) is 4.79 Å². The number of carbonyl (C=O) groups is 1. The number of hydrogen-bond donors (Lipinski definition) is 1. The SMILES string of the molecule is Cc1nc(-c2ncccn2)sc1C(=O)NCc1ccc(COCc2ccccc2)cc1. The number of aryl methyl sites for hydroxylation is 1. The lowest BCUT2D eigenvalue weighted by Crippen LogP contribution is -2.22. The van der Waals surface area contributed by atoms with Gasteiger partial charge >= 0.3 is 0 Å². The zero-order valence-electron chi connectivity index (χ0n) is 17.1. The molecule has 0 aliphatic carbocycles. The molecule has 0 radical (unpaired) electrons. The number of amides is 1. The van der Waals surface area contributed by atoms with Crippen molar-refractivity contribution in [3.63, 3.8) is 0 Å². The van der Waals surface area contributed by atoms with Crippen LogP contribution in [0.25, 0.3) is 10.8 Å². The third-order valence-corrected chi connectivity index (χ3v) is 5.77. The van der Waals surface area contributed by atoms with E-state index in [0.717, 1.165) is 16.7 Å². The van der Waals surface area contributed by atoms with Crippen molar-refractivity contribution in [3.05, 3.63) is 100 Å². The number of nitrogens with one attached hydrogen (secondary N) is 1. The molecule has 31 heavy (non-hydrogen) atoms. The maximum absolute atomic E-state index is 12.6. The molecule has 4 aromatic rings. The second-order valence-corrected chi connectivity index (χ2v) is 7.98. The summed E-state index contributed by atoms with van der Waals surface area (Å²) < 4.78 is 5.77. The predicted molar refractivity (Wildman–Crippen MR) is 120 cm³/mol. The number of ether oxygens (including phenoxy) is 1. The Morgan fingerprint density at radius 2 is 1.55 bits per heavy atom. The van der Waals surface area contributed by atoms with E-state index >= 15 is 0 Å². The third kappa shape index (κ3) is 5.59. The lowest BCUT2D eigenvalue weighted by molar-refractivity contribution is 0.0954. The van der Waals surface area contributed by atoms with Crippen LogP contribution in [0, 0.1) is 6.92 Å². The smallest absolute Gasteiger partial charge is 0.263 e. The molecule has 0 saturated heterocycles. The number of thiazole rings is 1. The van der Waals surface area contributed by atoms with Gasteiger partial charge in [0.1, 0.15) is 4.88 Å². The standard InChI is InChI=1S/C24H22N4O2S/c1-17-21(31-24(28-17)22-25-12-5-13-26-22)23(29)27-14-18-8-10-20(11-9-18)16-30-15-19-6-3-2-4-7-19/h2-13H,14-16H2,1H3,(H,27,29). The van der Waals surface area contributed by atoms with Crippen LogP contribution in [0.1, 0.15) is 32.1 Å². The van der Waals surface area contributed by atoms with Crippen LogP contribution in [0.2, 0.25) is 0 Å². The van der Waals surface area contributed by atoms with E-state index in [2.05, 4.69) is 20.3 Å². The zero-order chi connectivity index (χ0) is 21.5. The normalized spacial score (nSPS) is 10.7. The first-order valence-electron chi connectivity index (χ1n) is 9.91. The quantitative estimate of drug-likeness (QED) is 0.444. The summed E-state index contributed by atoms with van der Waals surface area (Å²) in [6, 6.07) is 19.9. The molecule has 2 aromatic heterocycles. The average molecular weight is 431 g/mol. The Morgan fingerprint density at radius 1 is 0.903 bits per heavy atom. The molecule has 2 aromatic carbocycles. The molecule has 156 valence electrons. The van der Waals surface area contributed by atoms with Gasteiger partial charge in [0.2, 0.25) is 0 Å². The first-order chi connectivity index (χ1) is 15.2. The van der Waals surface area contributed by atoms with Crippen molar-refractivity contribution in [2.75, 3.05) is 0 Å². The molecule has 0 saturated carbocycles. The maximum atomic E-state index is 12.6. The second kappa shape index (κ2) is 10.1. The maximum Gasteiger partial charge on any atom is 0.263 e. The molecule has 0 spiro atoms. The van der Waals surface area contributed by atoms with E-state index in [1.807, 2.05) is 61.5 Å². The Balaban J connectivity index is 1.29. The van der Waals surface area contributed by atoms with Crippen LogP contribution >= 0.6 is 11.3 Å². The molecule has 0 fully saturated rings. The lowest BCUT2D eigenvalue weighted by Gasteiger charge is -2.07. The van der Waals surface area contributed by atoms with Crippen molar-refractivity contribution in [2.45, 2.75) is 26.7 Å². The predicted octanol–water partition coefficient (Wildman–Crippen LogP) is 4.56. The zero-order valence-corrected chi connectivity index (χ0v) is 17.9. The second-order valence-electron chi connectivity index (χ2n) is 6.98. The van der Waals surface area contributed by atoms with Gasteiger partial charge in [0.25, 0.3) is 5.91 Å². The van der Waals surface area contributed by atoms with Gasteiger partial charge in [-0.25, -0.2) is 15.0 Å². The van der Waals surface area contributed by atoms with Crippen LogP contribution in [0.5, 0.6) is 0 Å². The Hall–Kier alpha value is -3.42. The molecule has 0 aliphatic rings. The van der Waals surface area contributed by atoms with E-state index in [-0.39, 0.29) is 5.91 Å². The molecule has 1 amide bonds. The molecule has 0 bridgehead atoms. The van der Waals surface area contributed by atoms with Crippen molar-refractivity contribution in [2.24, 2.45) is 0 Å². The highest BCUT2D eigenvalue weighted by molar-refractivity contribution is 7.17. The van der Waals surface area contributed by atoms with Gasteiger partial charge in [-0.2, -0.15) is 0 Å². The van der Waals surface area contributed by atoms with Crippen molar-refractivity contribution in [1.29, 1.82) is 0 Å². The summed E-state index contributed by atoms with van der Waals surface area (Å²) in [5.41, 5.74) is 3.95. The number of rotatable bonds is 8. The Kier molecular flexibility index (Phi) is 6.76. The van der Waals surface area contributed by atoms with Crippen LogP contribution in [-0.4, -0.2) is 20.9 Å². The van der Waals surface area contributed by atoms with E-state index in [1.165, 1.54) is 11.3 Å². The number of carbonyl (C=O) groups excluding carboxylic acids is 1. The van der Waals surface area contributed by atoms with E-state index < -0.39 is 0 Å². The summed E-state index contributed by atoms with van der Waals surface area (Å²) in [5, 5.41) is 3.61. The summed E-state index contributed by atoms with van der Waals surface area (Å²) in [5.74, 6) is 0.382. The monoisotopic (exact) mass is 430 g/mol. The number of hydrogen-bond acceptors (Lipinski definition) is 6. The number of nitrogens with zero attached hydrogens (tertiary/aromatic N) is 3. The molecule has 6 nitrogen and oxygen atoms in total. The highest BCUT2D eigenvalue weighted by atomic mass is 32.1. The molecule has 1 N–H and O–H groups in total. The number of aromatic nitrogens is 3. The summed E-state index contributed by atoms with van der Waals surface area (Å²) >= 11 is 1.30. The fourth-order valence-electron chi connectivity index (χ4n) is 2.99. The lowest BCUT2D eigenvalue weighted by atomic mass is 10.1. The molecule has 4 rings (SSSR count). The van der Waals surface area contributed by atoms with Gasteiger partial charge < -0.3 is 10.1 Å². The highest BCUT2D eigenvalue weighted by Gasteiger charge is 2.17. The minimum atomic E-state index is -0.146. The fourth-order valence-corrected chi connectivity index (χ4v) is 3.92. The van der Waals surface area contributed by atoms with Crippen LogP contribution in [0.4, 0.5) is 0 Å². The molecule has 0 unspecified atom stereocenters. The van der Waals surface area contributed by atoms with Crippen LogP contribution in [-0.2, 0) is 24.5 Å². The van der Waals surface area contributed by atoms with Gasteiger partial charge in [0.05, 0.1) is 18.9 Å². The van der Waals surface area contributed by atoms with Gasteiger partial charge in [-0.1, -0.05) is 54.6 Å². The van der Waals surface area contributed by atoms with Crippen LogP contribution in [0.3, 0.4) is 0 Å². The first kappa shape index (κ1) is 20.8. The minimum Gasteiger partial charge on any atom is -0.372 e. The summed E-state index contributed by atoms with van der Waals surface area (Å²) in [4.78, 5) is 26.0. The molecular weight excluding hydrogens is 408 g/mol. The summed E-state index contributed by atoms with van der Waals surface area (Å²) in [6.07, 6.45) is 3.32. The van der Waals surface area contributed by atoms with Crippen molar-refractivity contribution in [1.82, 2.24) is 20.3 Å². The summed E-state index contributed by atoms with van der Waals surface area (Å²) in [6.45, 7) is 3.40. The third-order valence-electron chi connectivity index (χ3n) is 4.62. The van der Waals surface area contributed by atoms with Crippen molar-refractivity contribution >= 4 is 17.2 Å². The van der Waals surface area contributed by atoms with Gasteiger partial charge in [0, 0.05) is 18.9 Å². The van der Waals surface area contributed by atoms with Gasteiger partial charge in [-0.15, -0.1) is 11.3 Å². The van der Waals surface area contributed by atoms with Crippen molar-refractivity contribution in [3.8, 4) is 10.8 Å². The van der Waals surface area contributed by atoms with Crippen molar-refractivity contribution < 1.29 is 9.53 Å². The largest absolute Gasteiger partial charge is 0.372 e. The Labute approximate surface area is 185 Å². The van der Waals surface area contributed by atoms with Gasteiger partial charge in [-0.3, -0.25) is 4.79 Å². The van der Waals surface area contributed by atoms with E-state index in [1.54, 1.807) is 18.5 Å². The molecular formula is C24H22N4O2S. The molecule has 0 aliphatic heterocycles. The van der Waals surface area contributed by atoms with E-state index in [4.69, 9.17) is 4.74 Å². The Bertz CT molecular complexity index is 1130. The molecule has 7 heteroatoms. The van der Waals surface area contributed by atoms with Crippen LogP contribution < -0.4 is 5.32 Å². The average Bonchev–Trinajstić information content (AvgIpc) is 3.21. The highest BCUT2D eigenvalue weighted by Crippen LogP contribution is 2.25. The number of benzene rings is 2. The topological polar surface area (TPSA) is 77.0 Å². The minimum absolute atomic E-state index is 0.146. The van der Waals surface area contributed by atoms with Crippen LogP contribution in [0.15, 0.2) is 73.1 Å². The molecule has 0 atom stereocenters. The summed E-state index contributed by atoms with van der Waals surface area (Å²) in [7, 11) is 0. The van der Waals surface area contributed by atoms with E-state index in [0.29, 0.717) is 41.2 Å². The Morgan fingerprint density at radius 3 is 2.26 bits per heavy atom.